The van der Waals surface area contributed by atoms with Gasteiger partial charge in [0, 0.05) is 19.5 Å². The van der Waals surface area contributed by atoms with Crippen molar-refractivity contribution in [3.05, 3.63) is 0 Å². The zero-order chi connectivity index (χ0) is 10.0. The molecule has 0 bridgehead atoms. The van der Waals surface area contributed by atoms with Crippen LogP contribution in [0.2, 0.25) is 0 Å². The summed E-state index contributed by atoms with van der Waals surface area (Å²) >= 11 is 0. The van der Waals surface area contributed by atoms with Gasteiger partial charge in [0.15, 0.2) is 0 Å². The van der Waals surface area contributed by atoms with Gasteiger partial charge in [-0.05, 0) is 19.9 Å². The molecule has 4 heteroatoms. The van der Waals surface area contributed by atoms with Crippen LogP contribution < -0.4 is 0 Å². The SMILES string of the molecule is CO/N=C1\COC2(CCN(C)CC2)C1. The van der Waals surface area contributed by atoms with E-state index >= 15 is 0 Å². The number of rotatable bonds is 1. The summed E-state index contributed by atoms with van der Waals surface area (Å²) in [5.41, 5.74) is 1.13. The van der Waals surface area contributed by atoms with Crippen molar-refractivity contribution in [3.63, 3.8) is 0 Å². The van der Waals surface area contributed by atoms with Gasteiger partial charge in [-0.3, -0.25) is 0 Å². The Hall–Kier alpha value is -0.610. The molecule has 80 valence electrons. The van der Waals surface area contributed by atoms with Crippen LogP contribution in [0.25, 0.3) is 0 Å². The molecule has 2 rings (SSSR count). The van der Waals surface area contributed by atoms with Crippen molar-refractivity contribution in [1.82, 2.24) is 4.90 Å². The molecular weight excluding hydrogens is 180 g/mol. The third kappa shape index (κ3) is 1.91. The highest BCUT2D eigenvalue weighted by Crippen LogP contribution is 2.34. The number of piperidine rings is 1. The third-order valence-electron chi connectivity index (χ3n) is 3.19. The lowest BCUT2D eigenvalue weighted by Gasteiger charge is -2.36. The molecule has 2 aliphatic rings. The van der Waals surface area contributed by atoms with Gasteiger partial charge in [-0.25, -0.2) is 0 Å². The smallest absolute Gasteiger partial charge is 0.106 e. The fraction of sp³-hybridized carbons (Fsp3) is 0.900. The molecule has 0 aromatic rings. The topological polar surface area (TPSA) is 34.1 Å². The first kappa shape index (κ1) is 9.93. The molecular formula is C10H18N2O2. The van der Waals surface area contributed by atoms with Gasteiger partial charge in [-0.1, -0.05) is 5.16 Å². The second-order valence-corrected chi connectivity index (χ2v) is 4.29. The number of ether oxygens (including phenoxy) is 1. The van der Waals surface area contributed by atoms with Crippen molar-refractivity contribution >= 4 is 5.71 Å². The summed E-state index contributed by atoms with van der Waals surface area (Å²) in [5, 5.41) is 3.97. The minimum Gasteiger partial charge on any atom is -0.399 e. The van der Waals surface area contributed by atoms with Crippen LogP contribution in [0.5, 0.6) is 0 Å². The van der Waals surface area contributed by atoms with Crippen molar-refractivity contribution in [1.29, 1.82) is 0 Å². The van der Waals surface area contributed by atoms with Crippen LogP contribution in [-0.2, 0) is 9.57 Å². The van der Waals surface area contributed by atoms with Gasteiger partial charge in [0.05, 0.1) is 17.9 Å². The molecule has 2 saturated heterocycles. The molecule has 4 nitrogen and oxygen atoms in total. The number of nitrogens with zero attached hydrogens (tertiary/aromatic N) is 2. The molecule has 0 saturated carbocycles. The van der Waals surface area contributed by atoms with E-state index in [0.29, 0.717) is 6.61 Å². The maximum Gasteiger partial charge on any atom is 0.106 e. The normalized spacial score (nSPS) is 30.0. The molecule has 0 aliphatic carbocycles. The van der Waals surface area contributed by atoms with Gasteiger partial charge in [0.1, 0.15) is 7.11 Å². The van der Waals surface area contributed by atoms with Gasteiger partial charge in [0.2, 0.25) is 0 Å². The highest BCUT2D eigenvalue weighted by Gasteiger charge is 2.40. The second kappa shape index (κ2) is 3.87. The van der Waals surface area contributed by atoms with Crippen LogP contribution in [0.3, 0.4) is 0 Å². The molecule has 14 heavy (non-hydrogen) atoms. The fourth-order valence-corrected chi connectivity index (χ4v) is 2.25. The summed E-state index contributed by atoms with van der Waals surface area (Å²) in [6, 6.07) is 0. The van der Waals surface area contributed by atoms with Crippen molar-refractivity contribution in [3.8, 4) is 0 Å². The monoisotopic (exact) mass is 198 g/mol. The Labute approximate surface area is 84.8 Å². The molecule has 0 amide bonds. The summed E-state index contributed by atoms with van der Waals surface area (Å²) < 4.78 is 5.86. The van der Waals surface area contributed by atoms with E-state index in [1.807, 2.05) is 0 Å². The lowest BCUT2D eigenvalue weighted by atomic mass is 9.88. The highest BCUT2D eigenvalue weighted by atomic mass is 16.6. The van der Waals surface area contributed by atoms with E-state index in [0.717, 1.165) is 38.1 Å². The van der Waals surface area contributed by atoms with E-state index in [2.05, 4.69) is 17.1 Å². The molecule has 0 atom stereocenters. The first-order valence-corrected chi connectivity index (χ1v) is 5.15. The van der Waals surface area contributed by atoms with E-state index < -0.39 is 0 Å². The minimum atomic E-state index is 0.0733. The summed E-state index contributed by atoms with van der Waals surface area (Å²) in [7, 11) is 3.75. The molecule has 1 spiro atoms. The summed E-state index contributed by atoms with van der Waals surface area (Å²) in [4.78, 5) is 7.13. The Kier molecular flexibility index (Phi) is 2.74. The molecule has 0 N–H and O–H groups in total. The molecule has 2 heterocycles. The largest absolute Gasteiger partial charge is 0.399 e. The molecule has 0 radical (unpaired) electrons. The summed E-state index contributed by atoms with van der Waals surface area (Å²) in [5.74, 6) is 0. The van der Waals surface area contributed by atoms with E-state index in [4.69, 9.17) is 9.57 Å². The first-order chi connectivity index (χ1) is 6.74. The van der Waals surface area contributed by atoms with Crippen molar-refractivity contribution in [2.24, 2.45) is 5.16 Å². The Bertz CT molecular complexity index is 232. The number of hydrogen-bond acceptors (Lipinski definition) is 4. The Morgan fingerprint density at radius 2 is 2.14 bits per heavy atom. The number of hydrogen-bond donors (Lipinski definition) is 0. The Morgan fingerprint density at radius 3 is 2.79 bits per heavy atom. The van der Waals surface area contributed by atoms with Crippen molar-refractivity contribution in [2.75, 3.05) is 33.9 Å². The van der Waals surface area contributed by atoms with Gasteiger partial charge < -0.3 is 14.5 Å². The van der Waals surface area contributed by atoms with E-state index in [9.17, 15) is 0 Å². The zero-order valence-electron chi connectivity index (χ0n) is 8.95. The summed E-state index contributed by atoms with van der Waals surface area (Å²) in [6.45, 7) is 2.90. The van der Waals surface area contributed by atoms with Gasteiger partial charge in [-0.2, -0.15) is 0 Å². The van der Waals surface area contributed by atoms with E-state index in [-0.39, 0.29) is 5.60 Å². The van der Waals surface area contributed by atoms with Crippen LogP contribution in [0.1, 0.15) is 19.3 Å². The highest BCUT2D eigenvalue weighted by molar-refractivity contribution is 5.87. The standard InChI is InChI=1S/C10H18N2O2/c1-12-5-3-10(4-6-12)7-9(8-14-10)11-13-2/h3-8H2,1-2H3/b11-9-. The van der Waals surface area contributed by atoms with Crippen LogP contribution in [0, 0.1) is 0 Å². The number of likely N-dealkylation sites (tertiary alicyclic amines) is 1. The molecule has 0 aromatic carbocycles. The minimum absolute atomic E-state index is 0.0733. The lowest BCUT2D eigenvalue weighted by Crippen LogP contribution is -2.42. The maximum absolute atomic E-state index is 5.86. The molecule has 2 aliphatic heterocycles. The maximum atomic E-state index is 5.86. The fourth-order valence-electron chi connectivity index (χ4n) is 2.25. The first-order valence-electron chi connectivity index (χ1n) is 5.15. The molecule has 0 aromatic heterocycles. The number of oxime groups is 1. The van der Waals surface area contributed by atoms with Gasteiger partial charge >= 0.3 is 0 Å². The predicted octanol–water partition coefficient (Wildman–Crippen LogP) is 0.873. The van der Waals surface area contributed by atoms with E-state index in [1.165, 1.54) is 0 Å². The Balaban J connectivity index is 1.96. The van der Waals surface area contributed by atoms with Crippen LogP contribution in [0.4, 0.5) is 0 Å². The second-order valence-electron chi connectivity index (χ2n) is 4.29. The van der Waals surface area contributed by atoms with E-state index in [1.54, 1.807) is 7.11 Å². The van der Waals surface area contributed by atoms with Crippen LogP contribution >= 0.6 is 0 Å². The average Bonchev–Trinajstić information content (AvgIpc) is 2.56. The van der Waals surface area contributed by atoms with Crippen LogP contribution in [-0.4, -0.2) is 50.1 Å². The molecule has 0 unspecified atom stereocenters. The lowest BCUT2D eigenvalue weighted by molar-refractivity contribution is -0.0386. The zero-order valence-corrected chi connectivity index (χ0v) is 8.95. The average molecular weight is 198 g/mol. The quantitative estimate of drug-likeness (QED) is 0.586. The van der Waals surface area contributed by atoms with Gasteiger partial charge in [0.25, 0.3) is 0 Å². The predicted molar refractivity (Wildman–Crippen MR) is 54.5 cm³/mol. The van der Waals surface area contributed by atoms with Gasteiger partial charge in [-0.15, -0.1) is 0 Å². The third-order valence-corrected chi connectivity index (χ3v) is 3.19. The summed E-state index contributed by atoms with van der Waals surface area (Å²) in [6.07, 6.45) is 3.19. The van der Waals surface area contributed by atoms with Crippen LogP contribution in [0.15, 0.2) is 5.16 Å². The van der Waals surface area contributed by atoms with Crippen molar-refractivity contribution in [2.45, 2.75) is 24.9 Å². The van der Waals surface area contributed by atoms with Crippen molar-refractivity contribution < 1.29 is 9.57 Å². The Morgan fingerprint density at radius 1 is 1.43 bits per heavy atom. The molecule has 2 fully saturated rings.